The van der Waals surface area contributed by atoms with E-state index in [2.05, 4.69) is 5.10 Å². The standard InChI is InChI=1S/C12H12BF4N2O.K/c1-19-8-9(7-18-19)4-5-20-10-2-3-11(12(14)6-10)13(15,16)17;/h2-3,6-8H,4-5H2,1H3;/q-1;+1. The smallest absolute Gasteiger partial charge is 0.493 e. The molecular formula is C12H12BF4KN2O. The molecule has 0 fully saturated rings. The number of nitrogens with zero attached hydrogens (tertiary/aromatic N) is 2. The molecule has 0 amide bonds. The Labute approximate surface area is 162 Å². The number of rotatable bonds is 5. The predicted molar refractivity (Wildman–Crippen MR) is 67.5 cm³/mol. The second-order valence-corrected chi connectivity index (χ2v) is 4.38. The van der Waals surface area contributed by atoms with E-state index in [0.29, 0.717) is 12.5 Å². The van der Waals surface area contributed by atoms with E-state index in [9.17, 15) is 17.3 Å². The van der Waals surface area contributed by atoms with E-state index in [1.54, 1.807) is 24.1 Å². The molecular weight excluding hydrogens is 314 g/mol. The van der Waals surface area contributed by atoms with E-state index in [0.717, 1.165) is 17.7 Å². The summed E-state index contributed by atoms with van der Waals surface area (Å²) in [4.78, 5) is 0. The molecule has 2 rings (SSSR count). The minimum Gasteiger partial charge on any atom is -0.493 e. The molecule has 1 aromatic heterocycles. The maximum Gasteiger partial charge on any atom is 1.00 e. The van der Waals surface area contributed by atoms with Crippen molar-refractivity contribution in [3.8, 4) is 5.75 Å². The van der Waals surface area contributed by atoms with Crippen LogP contribution in [0.15, 0.2) is 30.6 Å². The molecule has 0 radical (unpaired) electrons. The van der Waals surface area contributed by atoms with Crippen molar-refractivity contribution in [1.82, 2.24) is 9.78 Å². The normalized spacial score (nSPS) is 11.1. The van der Waals surface area contributed by atoms with E-state index in [1.807, 2.05) is 0 Å². The van der Waals surface area contributed by atoms with Gasteiger partial charge in [-0.05, 0) is 11.6 Å². The SMILES string of the molecule is Cn1cc(CCOc2ccc([B-](F)(F)F)c(F)c2)cn1.[K+]. The quantitative estimate of drug-likeness (QED) is 0.534. The van der Waals surface area contributed by atoms with Crippen LogP contribution >= 0.6 is 0 Å². The molecule has 2 aromatic rings. The molecule has 0 bridgehead atoms. The summed E-state index contributed by atoms with van der Waals surface area (Å²) in [6.07, 6.45) is 4.01. The molecule has 0 aliphatic rings. The molecule has 9 heteroatoms. The molecule has 0 aliphatic carbocycles. The zero-order valence-corrected chi connectivity index (χ0v) is 14.8. The third-order valence-corrected chi connectivity index (χ3v) is 2.74. The van der Waals surface area contributed by atoms with E-state index in [-0.39, 0.29) is 63.7 Å². The molecule has 1 aromatic carbocycles. The van der Waals surface area contributed by atoms with Crippen molar-refractivity contribution >= 4 is 12.4 Å². The summed E-state index contributed by atoms with van der Waals surface area (Å²) in [7, 11) is 1.78. The zero-order valence-electron chi connectivity index (χ0n) is 11.7. The first-order chi connectivity index (χ1) is 9.36. The zero-order chi connectivity index (χ0) is 14.8. The summed E-state index contributed by atoms with van der Waals surface area (Å²) in [6.45, 7) is -5.10. The van der Waals surface area contributed by atoms with E-state index in [1.165, 1.54) is 0 Å². The number of aromatic nitrogens is 2. The number of ether oxygens (including phenoxy) is 1. The number of benzene rings is 1. The van der Waals surface area contributed by atoms with Crippen molar-refractivity contribution in [2.45, 2.75) is 6.42 Å². The predicted octanol–water partition coefficient (Wildman–Crippen LogP) is -0.761. The second-order valence-electron chi connectivity index (χ2n) is 4.38. The molecule has 3 nitrogen and oxygen atoms in total. The maximum atomic E-state index is 13.3. The third-order valence-electron chi connectivity index (χ3n) is 2.74. The number of aryl methyl sites for hydroxylation is 1. The van der Waals surface area contributed by atoms with E-state index >= 15 is 0 Å². The molecule has 1 heterocycles. The molecule has 0 saturated heterocycles. The Hall–Kier alpha value is -0.349. The Bertz CT molecular complexity index is 603. The van der Waals surface area contributed by atoms with Crippen LogP contribution < -0.4 is 61.6 Å². The first-order valence-electron chi connectivity index (χ1n) is 5.96. The first kappa shape index (κ1) is 18.7. The molecule has 21 heavy (non-hydrogen) atoms. The summed E-state index contributed by atoms with van der Waals surface area (Å²) in [5, 5.41) is 3.97. The summed E-state index contributed by atoms with van der Waals surface area (Å²) in [5.74, 6) is -1.23. The molecule has 0 unspecified atom stereocenters. The van der Waals surface area contributed by atoms with Gasteiger partial charge in [-0.3, -0.25) is 4.68 Å². The first-order valence-corrected chi connectivity index (χ1v) is 5.96. The molecule has 0 saturated carbocycles. The minimum absolute atomic E-state index is 0. The van der Waals surface area contributed by atoms with Crippen LogP contribution in [0.5, 0.6) is 5.75 Å². The van der Waals surface area contributed by atoms with Gasteiger partial charge < -0.3 is 17.7 Å². The Morgan fingerprint density at radius 2 is 2.00 bits per heavy atom. The third kappa shape index (κ3) is 5.41. The van der Waals surface area contributed by atoms with Gasteiger partial charge in [0.15, 0.2) is 0 Å². The van der Waals surface area contributed by atoms with Crippen molar-refractivity contribution in [2.24, 2.45) is 7.05 Å². The van der Waals surface area contributed by atoms with Crippen LogP contribution in [0, 0.1) is 5.82 Å². The van der Waals surface area contributed by atoms with E-state index < -0.39 is 18.3 Å². The van der Waals surface area contributed by atoms with Crippen LogP contribution in [0.2, 0.25) is 0 Å². The van der Waals surface area contributed by atoms with E-state index in [4.69, 9.17) is 4.74 Å². The monoisotopic (exact) mass is 326 g/mol. The van der Waals surface area contributed by atoms with Gasteiger partial charge in [0.1, 0.15) is 5.75 Å². The molecule has 0 aliphatic heterocycles. The summed E-state index contributed by atoms with van der Waals surface area (Å²) >= 11 is 0. The fourth-order valence-corrected chi connectivity index (χ4v) is 1.75. The van der Waals surface area contributed by atoms with Gasteiger partial charge in [-0.15, -0.1) is 0 Å². The van der Waals surface area contributed by atoms with Crippen LogP contribution in [-0.4, -0.2) is 23.4 Å². The van der Waals surface area contributed by atoms with Gasteiger partial charge >= 0.3 is 58.4 Å². The topological polar surface area (TPSA) is 27.1 Å². The van der Waals surface area contributed by atoms with Crippen molar-refractivity contribution in [3.63, 3.8) is 0 Å². The van der Waals surface area contributed by atoms with Gasteiger partial charge in [0, 0.05) is 25.7 Å². The average Bonchev–Trinajstić information content (AvgIpc) is 2.73. The van der Waals surface area contributed by atoms with Crippen LogP contribution in [0.3, 0.4) is 0 Å². The fourth-order valence-electron chi connectivity index (χ4n) is 1.75. The van der Waals surface area contributed by atoms with Crippen LogP contribution in [0.4, 0.5) is 17.3 Å². The van der Waals surface area contributed by atoms with Gasteiger partial charge in [-0.2, -0.15) is 5.10 Å². The summed E-state index contributed by atoms with van der Waals surface area (Å²) in [5.41, 5.74) is -0.298. The van der Waals surface area contributed by atoms with Gasteiger partial charge in [-0.25, -0.2) is 4.39 Å². The number of halogens is 4. The molecule has 108 valence electrons. The van der Waals surface area contributed by atoms with Crippen LogP contribution in [-0.2, 0) is 13.5 Å². The van der Waals surface area contributed by atoms with Crippen molar-refractivity contribution in [2.75, 3.05) is 6.61 Å². The van der Waals surface area contributed by atoms with Crippen LogP contribution in [0.25, 0.3) is 0 Å². The maximum absolute atomic E-state index is 13.3. The van der Waals surface area contributed by atoms with Gasteiger partial charge in [-0.1, -0.05) is 11.5 Å². The van der Waals surface area contributed by atoms with Crippen molar-refractivity contribution in [3.05, 3.63) is 42.0 Å². The molecule has 0 N–H and O–H groups in total. The van der Waals surface area contributed by atoms with Crippen molar-refractivity contribution in [1.29, 1.82) is 0 Å². The fraction of sp³-hybridized carbons (Fsp3) is 0.250. The number of hydrogen-bond acceptors (Lipinski definition) is 2. The minimum atomic E-state index is -5.34. The molecule has 0 atom stereocenters. The Kier molecular flexibility index (Phi) is 6.92. The number of hydrogen-bond donors (Lipinski definition) is 0. The van der Waals surface area contributed by atoms with Gasteiger partial charge in [0.05, 0.1) is 18.6 Å². The Balaban J connectivity index is 0.00000220. The van der Waals surface area contributed by atoms with Gasteiger partial charge in [0.2, 0.25) is 0 Å². The largest absolute Gasteiger partial charge is 1.00 e. The van der Waals surface area contributed by atoms with Crippen molar-refractivity contribution < 1.29 is 73.5 Å². The average molecular weight is 326 g/mol. The molecule has 0 spiro atoms. The summed E-state index contributed by atoms with van der Waals surface area (Å²) < 4.78 is 57.5. The Morgan fingerprint density at radius 3 is 2.52 bits per heavy atom. The second kappa shape index (κ2) is 7.78. The summed E-state index contributed by atoms with van der Waals surface area (Å²) in [6, 6.07) is 2.58. The Morgan fingerprint density at radius 1 is 1.29 bits per heavy atom. The van der Waals surface area contributed by atoms with Crippen LogP contribution in [0.1, 0.15) is 5.56 Å². The van der Waals surface area contributed by atoms with Gasteiger partial charge in [0.25, 0.3) is 0 Å².